The lowest BCUT2D eigenvalue weighted by Crippen LogP contribution is -2.43. The zero-order chi connectivity index (χ0) is 14.6. The summed E-state index contributed by atoms with van der Waals surface area (Å²) in [4.78, 5) is 12.0. The van der Waals surface area contributed by atoms with Crippen molar-refractivity contribution >= 4 is 5.91 Å². The molecule has 1 unspecified atom stereocenters. The third-order valence-corrected chi connectivity index (χ3v) is 4.14. The van der Waals surface area contributed by atoms with E-state index in [1.807, 2.05) is 24.3 Å². The maximum Gasteiger partial charge on any atom is 0.258 e. The lowest BCUT2D eigenvalue weighted by atomic mass is 9.87. The van der Waals surface area contributed by atoms with E-state index in [-0.39, 0.29) is 24.0 Å². The Hall–Kier alpha value is -1.55. The fourth-order valence-electron chi connectivity index (χ4n) is 2.79. The zero-order valence-electron chi connectivity index (χ0n) is 12.3. The molecule has 0 spiro atoms. The minimum Gasteiger partial charge on any atom is -0.483 e. The number of carbonyl (C=O) groups is 1. The summed E-state index contributed by atoms with van der Waals surface area (Å²) >= 11 is 0. The number of rotatable bonds is 5. The first-order chi connectivity index (χ1) is 9.53. The van der Waals surface area contributed by atoms with Crippen LogP contribution in [0.3, 0.4) is 0 Å². The molecular weight excluding hydrogens is 252 g/mol. The summed E-state index contributed by atoms with van der Waals surface area (Å²) in [5.41, 5.74) is 6.75. The van der Waals surface area contributed by atoms with Gasteiger partial charge in [0.15, 0.2) is 6.61 Å². The summed E-state index contributed by atoms with van der Waals surface area (Å²) in [5, 5.41) is 3.08. The van der Waals surface area contributed by atoms with Crippen molar-refractivity contribution in [3.8, 4) is 5.75 Å². The standard InChI is InChI=1S/C16H24N2O2/c1-16(2)9-5-8-14(16)18-15(19)11-20-13-7-4-3-6-12(13)10-17/h3-4,6-7,14H,5,8-11,17H2,1-2H3,(H,18,19). The maximum atomic E-state index is 12.0. The Labute approximate surface area is 120 Å². The van der Waals surface area contributed by atoms with E-state index in [1.165, 1.54) is 6.42 Å². The molecule has 20 heavy (non-hydrogen) atoms. The first-order valence-corrected chi connectivity index (χ1v) is 7.23. The van der Waals surface area contributed by atoms with Crippen molar-refractivity contribution in [3.05, 3.63) is 29.8 Å². The van der Waals surface area contributed by atoms with Crippen molar-refractivity contribution in [3.63, 3.8) is 0 Å². The molecule has 4 heteroatoms. The quantitative estimate of drug-likeness (QED) is 0.866. The highest BCUT2D eigenvalue weighted by atomic mass is 16.5. The van der Waals surface area contributed by atoms with Crippen LogP contribution in [0.4, 0.5) is 0 Å². The lowest BCUT2D eigenvalue weighted by molar-refractivity contribution is -0.124. The average Bonchev–Trinajstić information content (AvgIpc) is 2.76. The van der Waals surface area contributed by atoms with Gasteiger partial charge in [-0.15, -0.1) is 0 Å². The SMILES string of the molecule is CC1(C)CCCC1NC(=O)COc1ccccc1CN. The lowest BCUT2D eigenvalue weighted by Gasteiger charge is -2.27. The fourth-order valence-corrected chi connectivity index (χ4v) is 2.79. The van der Waals surface area contributed by atoms with Gasteiger partial charge in [0, 0.05) is 18.2 Å². The van der Waals surface area contributed by atoms with Gasteiger partial charge >= 0.3 is 0 Å². The summed E-state index contributed by atoms with van der Waals surface area (Å²) < 4.78 is 5.58. The molecule has 4 nitrogen and oxygen atoms in total. The number of carbonyl (C=O) groups excluding carboxylic acids is 1. The molecule has 110 valence electrons. The van der Waals surface area contributed by atoms with Gasteiger partial charge < -0.3 is 15.8 Å². The van der Waals surface area contributed by atoms with E-state index in [0.29, 0.717) is 12.3 Å². The number of nitrogens with two attached hydrogens (primary N) is 1. The van der Waals surface area contributed by atoms with Crippen LogP contribution in [0.2, 0.25) is 0 Å². The monoisotopic (exact) mass is 276 g/mol. The maximum absolute atomic E-state index is 12.0. The molecule has 0 heterocycles. The van der Waals surface area contributed by atoms with Crippen molar-refractivity contribution in [1.29, 1.82) is 0 Å². The number of hydrogen-bond acceptors (Lipinski definition) is 3. The number of para-hydroxylation sites is 1. The summed E-state index contributed by atoms with van der Waals surface area (Å²) in [5.74, 6) is 0.632. The number of nitrogens with one attached hydrogen (secondary N) is 1. The molecule has 1 fully saturated rings. The molecule has 1 aliphatic carbocycles. The summed E-state index contributed by atoms with van der Waals surface area (Å²) in [7, 11) is 0. The molecule has 0 radical (unpaired) electrons. The number of hydrogen-bond donors (Lipinski definition) is 2. The molecule has 1 atom stereocenters. The number of benzene rings is 1. The van der Waals surface area contributed by atoms with Crippen LogP contribution in [0.25, 0.3) is 0 Å². The summed E-state index contributed by atoms with van der Waals surface area (Å²) in [6.45, 7) is 4.86. The smallest absolute Gasteiger partial charge is 0.258 e. The molecule has 1 aromatic rings. The van der Waals surface area contributed by atoms with E-state index in [0.717, 1.165) is 18.4 Å². The Morgan fingerprint density at radius 2 is 2.20 bits per heavy atom. The average molecular weight is 276 g/mol. The van der Waals surface area contributed by atoms with Crippen molar-refractivity contribution in [2.45, 2.75) is 45.7 Å². The Balaban J connectivity index is 1.86. The fraction of sp³-hybridized carbons (Fsp3) is 0.562. The Morgan fingerprint density at radius 3 is 2.85 bits per heavy atom. The third-order valence-electron chi connectivity index (χ3n) is 4.14. The van der Waals surface area contributed by atoms with Gasteiger partial charge in [-0.2, -0.15) is 0 Å². The zero-order valence-corrected chi connectivity index (χ0v) is 12.3. The van der Waals surface area contributed by atoms with E-state index in [1.54, 1.807) is 0 Å². The van der Waals surface area contributed by atoms with E-state index >= 15 is 0 Å². The van der Waals surface area contributed by atoms with Crippen LogP contribution in [-0.2, 0) is 11.3 Å². The van der Waals surface area contributed by atoms with Crippen LogP contribution in [0.15, 0.2) is 24.3 Å². The Kier molecular flexibility index (Phi) is 4.65. The first kappa shape index (κ1) is 14.9. The second-order valence-corrected chi connectivity index (χ2v) is 6.10. The predicted molar refractivity (Wildman–Crippen MR) is 79.4 cm³/mol. The molecule has 1 aromatic carbocycles. The molecule has 0 saturated heterocycles. The van der Waals surface area contributed by atoms with Gasteiger partial charge in [-0.05, 0) is 24.3 Å². The van der Waals surface area contributed by atoms with E-state index in [4.69, 9.17) is 10.5 Å². The van der Waals surface area contributed by atoms with Crippen LogP contribution < -0.4 is 15.8 Å². The summed E-state index contributed by atoms with van der Waals surface area (Å²) in [6, 6.07) is 7.80. The van der Waals surface area contributed by atoms with Gasteiger partial charge in [-0.25, -0.2) is 0 Å². The van der Waals surface area contributed by atoms with Gasteiger partial charge in [0.25, 0.3) is 5.91 Å². The van der Waals surface area contributed by atoms with Crippen LogP contribution in [0, 0.1) is 5.41 Å². The largest absolute Gasteiger partial charge is 0.483 e. The minimum atomic E-state index is -0.0585. The Morgan fingerprint density at radius 1 is 1.45 bits per heavy atom. The van der Waals surface area contributed by atoms with Crippen molar-refractivity contribution in [2.75, 3.05) is 6.61 Å². The van der Waals surface area contributed by atoms with E-state index in [9.17, 15) is 4.79 Å². The highest BCUT2D eigenvalue weighted by molar-refractivity contribution is 5.78. The van der Waals surface area contributed by atoms with Gasteiger partial charge in [0.2, 0.25) is 0 Å². The van der Waals surface area contributed by atoms with Crippen molar-refractivity contribution in [2.24, 2.45) is 11.1 Å². The topological polar surface area (TPSA) is 64.3 Å². The van der Waals surface area contributed by atoms with Crippen molar-refractivity contribution in [1.82, 2.24) is 5.32 Å². The van der Waals surface area contributed by atoms with Gasteiger partial charge in [-0.1, -0.05) is 38.5 Å². The summed E-state index contributed by atoms with van der Waals surface area (Å²) in [6.07, 6.45) is 3.39. The van der Waals surface area contributed by atoms with Crippen LogP contribution in [0.1, 0.15) is 38.7 Å². The molecule has 1 amide bonds. The van der Waals surface area contributed by atoms with Crippen LogP contribution in [0.5, 0.6) is 5.75 Å². The molecule has 3 N–H and O–H groups in total. The predicted octanol–water partition coefficient (Wildman–Crippen LogP) is 2.22. The van der Waals surface area contributed by atoms with Gasteiger partial charge in [0.1, 0.15) is 5.75 Å². The second kappa shape index (κ2) is 6.27. The molecule has 1 aliphatic rings. The first-order valence-electron chi connectivity index (χ1n) is 7.23. The van der Waals surface area contributed by atoms with E-state index in [2.05, 4.69) is 19.2 Å². The van der Waals surface area contributed by atoms with Crippen LogP contribution in [-0.4, -0.2) is 18.6 Å². The normalized spacial score (nSPS) is 20.6. The van der Waals surface area contributed by atoms with Gasteiger partial charge in [-0.3, -0.25) is 4.79 Å². The highest BCUT2D eigenvalue weighted by Gasteiger charge is 2.35. The molecule has 0 aliphatic heterocycles. The second-order valence-electron chi connectivity index (χ2n) is 6.10. The minimum absolute atomic E-state index is 0.0452. The van der Waals surface area contributed by atoms with Gasteiger partial charge in [0.05, 0.1) is 0 Å². The molecule has 0 aromatic heterocycles. The van der Waals surface area contributed by atoms with E-state index < -0.39 is 0 Å². The molecule has 1 saturated carbocycles. The third kappa shape index (κ3) is 3.51. The number of amides is 1. The molecule has 2 rings (SSSR count). The highest BCUT2D eigenvalue weighted by Crippen LogP contribution is 2.37. The van der Waals surface area contributed by atoms with Crippen LogP contribution >= 0.6 is 0 Å². The molecule has 0 bridgehead atoms. The molecular formula is C16H24N2O2. The Bertz CT molecular complexity index is 471. The number of ether oxygens (including phenoxy) is 1. The van der Waals surface area contributed by atoms with Crippen molar-refractivity contribution < 1.29 is 9.53 Å².